The smallest absolute Gasteiger partial charge is 0.257 e. The van der Waals surface area contributed by atoms with Gasteiger partial charge >= 0.3 is 0 Å². The number of rotatable bonds is 7. The summed E-state index contributed by atoms with van der Waals surface area (Å²) in [6, 6.07) is 1.54. The molecule has 1 N–H and O–H groups in total. The van der Waals surface area contributed by atoms with Crippen LogP contribution in [0.2, 0.25) is 5.02 Å². The third kappa shape index (κ3) is 5.21. The fraction of sp³-hybridized carbons (Fsp3) is 0.438. The SMILES string of the molecule is CC(C)Oc1ncc(C(=O)Nc2cnn(CCN(C)C)c2)cc1Cl. The van der Waals surface area contributed by atoms with Crippen LogP contribution in [0.25, 0.3) is 0 Å². The van der Waals surface area contributed by atoms with Crippen LogP contribution in [0.3, 0.4) is 0 Å². The average molecular weight is 352 g/mol. The molecular weight excluding hydrogens is 330 g/mol. The Hall–Kier alpha value is -2.12. The van der Waals surface area contributed by atoms with Crippen molar-refractivity contribution in [3.63, 3.8) is 0 Å². The number of aromatic nitrogens is 3. The summed E-state index contributed by atoms with van der Waals surface area (Å²) in [4.78, 5) is 18.4. The number of nitrogens with zero attached hydrogens (tertiary/aromatic N) is 4. The molecule has 0 radical (unpaired) electrons. The topological polar surface area (TPSA) is 72.3 Å². The van der Waals surface area contributed by atoms with Crippen LogP contribution in [0.4, 0.5) is 5.69 Å². The first-order chi connectivity index (χ1) is 11.3. The van der Waals surface area contributed by atoms with Crippen LogP contribution in [0, 0.1) is 0 Å². The molecule has 24 heavy (non-hydrogen) atoms. The Morgan fingerprint density at radius 1 is 1.42 bits per heavy atom. The van der Waals surface area contributed by atoms with E-state index in [1.54, 1.807) is 17.1 Å². The van der Waals surface area contributed by atoms with Gasteiger partial charge in [-0.2, -0.15) is 5.10 Å². The quantitative estimate of drug-likeness (QED) is 0.829. The maximum atomic E-state index is 12.3. The van der Waals surface area contributed by atoms with Crippen LogP contribution in [0.15, 0.2) is 24.7 Å². The van der Waals surface area contributed by atoms with E-state index < -0.39 is 0 Å². The molecule has 0 saturated heterocycles. The number of ether oxygens (including phenoxy) is 1. The number of hydrogen-bond acceptors (Lipinski definition) is 5. The number of amides is 1. The van der Waals surface area contributed by atoms with Gasteiger partial charge in [-0.1, -0.05) is 11.6 Å². The van der Waals surface area contributed by atoms with E-state index >= 15 is 0 Å². The van der Waals surface area contributed by atoms with E-state index in [2.05, 4.69) is 20.3 Å². The molecule has 0 saturated carbocycles. The summed E-state index contributed by atoms with van der Waals surface area (Å²) in [5, 5.41) is 7.29. The molecule has 0 aliphatic heterocycles. The van der Waals surface area contributed by atoms with Crippen LogP contribution in [0.5, 0.6) is 5.88 Å². The largest absolute Gasteiger partial charge is 0.474 e. The van der Waals surface area contributed by atoms with Crippen molar-refractivity contribution in [3.8, 4) is 5.88 Å². The molecule has 8 heteroatoms. The van der Waals surface area contributed by atoms with Crippen molar-refractivity contribution in [2.75, 3.05) is 26.0 Å². The maximum Gasteiger partial charge on any atom is 0.257 e. The lowest BCUT2D eigenvalue weighted by Crippen LogP contribution is -2.18. The van der Waals surface area contributed by atoms with Gasteiger partial charge in [0.25, 0.3) is 5.91 Å². The number of carbonyl (C=O) groups is 1. The lowest BCUT2D eigenvalue weighted by Gasteiger charge is -2.10. The van der Waals surface area contributed by atoms with E-state index in [-0.39, 0.29) is 12.0 Å². The Labute approximate surface area is 146 Å². The van der Waals surface area contributed by atoms with Gasteiger partial charge in [-0.05, 0) is 34.0 Å². The Morgan fingerprint density at radius 3 is 2.79 bits per heavy atom. The normalized spacial score (nSPS) is 11.1. The molecule has 0 bridgehead atoms. The van der Waals surface area contributed by atoms with Crippen LogP contribution in [0.1, 0.15) is 24.2 Å². The van der Waals surface area contributed by atoms with Gasteiger partial charge in [0.05, 0.1) is 30.1 Å². The lowest BCUT2D eigenvalue weighted by atomic mass is 10.2. The molecule has 2 aromatic rings. The second kappa shape index (κ2) is 8.12. The van der Waals surface area contributed by atoms with Crippen molar-refractivity contribution in [1.29, 1.82) is 0 Å². The minimum atomic E-state index is -0.298. The Bertz CT molecular complexity index is 700. The predicted molar refractivity (Wildman–Crippen MR) is 93.7 cm³/mol. The van der Waals surface area contributed by atoms with E-state index in [1.165, 1.54) is 12.3 Å². The zero-order valence-corrected chi connectivity index (χ0v) is 15.0. The highest BCUT2D eigenvalue weighted by Crippen LogP contribution is 2.23. The first kappa shape index (κ1) is 18.2. The number of pyridine rings is 1. The second-order valence-corrected chi connectivity index (χ2v) is 6.33. The van der Waals surface area contributed by atoms with Crippen molar-refractivity contribution in [2.45, 2.75) is 26.5 Å². The average Bonchev–Trinajstić information content (AvgIpc) is 2.94. The molecule has 0 fully saturated rings. The number of nitrogens with one attached hydrogen (secondary N) is 1. The zero-order valence-electron chi connectivity index (χ0n) is 14.3. The molecule has 7 nitrogen and oxygen atoms in total. The summed E-state index contributed by atoms with van der Waals surface area (Å²) in [5.41, 5.74) is 0.981. The van der Waals surface area contributed by atoms with E-state index in [9.17, 15) is 4.79 Å². The first-order valence-corrected chi connectivity index (χ1v) is 8.03. The van der Waals surface area contributed by atoms with Gasteiger partial charge < -0.3 is 15.0 Å². The van der Waals surface area contributed by atoms with E-state index in [0.717, 1.165) is 13.1 Å². The Balaban J connectivity index is 2.00. The van der Waals surface area contributed by atoms with Crippen molar-refractivity contribution in [2.24, 2.45) is 0 Å². The predicted octanol–water partition coefficient (Wildman–Crippen LogP) is 2.53. The minimum absolute atomic E-state index is 0.0392. The highest BCUT2D eigenvalue weighted by molar-refractivity contribution is 6.32. The molecule has 0 unspecified atom stereocenters. The Morgan fingerprint density at radius 2 is 2.17 bits per heavy atom. The fourth-order valence-electron chi connectivity index (χ4n) is 1.92. The van der Waals surface area contributed by atoms with Crippen LogP contribution in [-0.2, 0) is 6.54 Å². The molecule has 2 aromatic heterocycles. The summed E-state index contributed by atoms with van der Waals surface area (Å²) >= 11 is 6.11. The van der Waals surface area contributed by atoms with E-state index in [0.29, 0.717) is 22.2 Å². The molecule has 0 aliphatic rings. The van der Waals surface area contributed by atoms with Crippen molar-refractivity contribution < 1.29 is 9.53 Å². The van der Waals surface area contributed by atoms with Gasteiger partial charge in [0, 0.05) is 18.9 Å². The number of anilines is 1. The van der Waals surface area contributed by atoms with Crippen LogP contribution >= 0.6 is 11.6 Å². The van der Waals surface area contributed by atoms with Crippen molar-refractivity contribution >= 4 is 23.2 Å². The zero-order chi connectivity index (χ0) is 17.7. The summed E-state index contributed by atoms with van der Waals surface area (Å²) in [6.07, 6.45) is 4.80. The highest BCUT2D eigenvalue weighted by atomic mass is 35.5. The van der Waals surface area contributed by atoms with Crippen molar-refractivity contribution in [1.82, 2.24) is 19.7 Å². The van der Waals surface area contributed by atoms with Gasteiger partial charge in [0.2, 0.25) is 5.88 Å². The monoisotopic (exact) mass is 351 g/mol. The molecule has 2 heterocycles. The summed E-state index contributed by atoms with van der Waals surface area (Å²) in [5.74, 6) is 0.0207. The van der Waals surface area contributed by atoms with Gasteiger partial charge in [-0.15, -0.1) is 0 Å². The van der Waals surface area contributed by atoms with Gasteiger partial charge in [-0.25, -0.2) is 4.98 Å². The van der Waals surface area contributed by atoms with Crippen molar-refractivity contribution in [3.05, 3.63) is 35.2 Å². The molecular formula is C16H22ClN5O2. The summed E-state index contributed by atoms with van der Waals surface area (Å²) < 4.78 is 7.23. The van der Waals surface area contributed by atoms with E-state index in [1.807, 2.05) is 27.9 Å². The summed E-state index contributed by atoms with van der Waals surface area (Å²) in [7, 11) is 3.99. The first-order valence-electron chi connectivity index (χ1n) is 7.66. The highest BCUT2D eigenvalue weighted by Gasteiger charge is 2.13. The van der Waals surface area contributed by atoms with Gasteiger partial charge in [0.1, 0.15) is 5.02 Å². The second-order valence-electron chi connectivity index (χ2n) is 5.93. The third-order valence-corrected chi connectivity index (χ3v) is 3.36. The molecule has 1 amide bonds. The van der Waals surface area contributed by atoms with Crippen LogP contribution in [-0.4, -0.2) is 52.3 Å². The van der Waals surface area contributed by atoms with E-state index in [4.69, 9.17) is 16.3 Å². The number of hydrogen-bond donors (Lipinski definition) is 1. The minimum Gasteiger partial charge on any atom is -0.474 e. The maximum absolute atomic E-state index is 12.3. The molecule has 0 atom stereocenters. The van der Waals surface area contributed by atoms with Gasteiger partial charge in [0.15, 0.2) is 0 Å². The lowest BCUT2D eigenvalue weighted by molar-refractivity contribution is 0.102. The molecule has 0 aliphatic carbocycles. The number of carbonyl (C=O) groups excluding carboxylic acids is 1. The molecule has 130 valence electrons. The molecule has 0 aromatic carbocycles. The van der Waals surface area contributed by atoms with Gasteiger partial charge in [-0.3, -0.25) is 9.48 Å². The summed E-state index contributed by atoms with van der Waals surface area (Å²) in [6.45, 7) is 5.38. The van der Waals surface area contributed by atoms with Crippen LogP contribution < -0.4 is 10.1 Å². The number of halogens is 1. The standard InChI is InChI=1S/C16H22ClN5O2/c1-11(2)24-16-14(17)7-12(8-18-16)15(23)20-13-9-19-22(10-13)6-5-21(3)4/h7-11H,5-6H2,1-4H3,(H,20,23). The Kier molecular flexibility index (Phi) is 6.16. The molecule has 2 rings (SSSR count). The molecule has 0 spiro atoms. The third-order valence-electron chi connectivity index (χ3n) is 3.08. The number of likely N-dealkylation sites (N-methyl/N-ethyl adjacent to an activating group) is 1. The fourth-order valence-corrected chi connectivity index (χ4v) is 2.13.